The SMILES string of the molecule is COc1cccc(C(=O)C2C(C(=O)c3ccc(Cl)cc3)N3c4ccc(C)cc4C=CC3C23C(=O)Nc2ccccc23)c1. The lowest BCUT2D eigenvalue weighted by molar-refractivity contribution is -0.121. The molecular formula is C35H27ClN2O4. The Morgan fingerprint density at radius 3 is 2.48 bits per heavy atom. The van der Waals surface area contributed by atoms with Gasteiger partial charge in [-0.05, 0) is 72.6 Å². The number of aryl methyl sites for hydroxylation is 1. The number of ketones is 2. The van der Waals surface area contributed by atoms with E-state index in [4.69, 9.17) is 16.3 Å². The number of ether oxygens (including phenoxy) is 1. The summed E-state index contributed by atoms with van der Waals surface area (Å²) in [7, 11) is 1.54. The molecule has 3 heterocycles. The second kappa shape index (κ2) is 9.71. The van der Waals surface area contributed by atoms with Crippen LogP contribution in [-0.4, -0.2) is 36.7 Å². The summed E-state index contributed by atoms with van der Waals surface area (Å²) in [6.07, 6.45) is 3.98. The smallest absolute Gasteiger partial charge is 0.238 e. The van der Waals surface area contributed by atoms with Crippen LogP contribution in [0, 0.1) is 12.8 Å². The van der Waals surface area contributed by atoms with E-state index >= 15 is 0 Å². The van der Waals surface area contributed by atoms with Crippen LogP contribution in [0.1, 0.15) is 37.4 Å². The van der Waals surface area contributed by atoms with Crippen molar-refractivity contribution in [3.8, 4) is 5.75 Å². The quantitative estimate of drug-likeness (QED) is 0.275. The first-order chi connectivity index (χ1) is 20.3. The fourth-order valence-electron chi connectivity index (χ4n) is 7.04. The highest BCUT2D eigenvalue weighted by molar-refractivity contribution is 6.30. The average Bonchev–Trinajstić information content (AvgIpc) is 3.49. The van der Waals surface area contributed by atoms with Gasteiger partial charge in [0.05, 0.1) is 19.1 Å². The second-order valence-electron chi connectivity index (χ2n) is 11.0. The third kappa shape index (κ3) is 3.68. The third-order valence-corrected chi connectivity index (χ3v) is 9.07. The number of nitrogens with zero attached hydrogens (tertiary/aromatic N) is 1. The van der Waals surface area contributed by atoms with Crippen LogP contribution in [0.25, 0.3) is 6.08 Å². The minimum atomic E-state index is -1.37. The third-order valence-electron chi connectivity index (χ3n) is 8.82. The fourth-order valence-corrected chi connectivity index (χ4v) is 7.17. The van der Waals surface area contributed by atoms with Gasteiger partial charge < -0.3 is 15.0 Å². The molecule has 0 aliphatic carbocycles. The Morgan fingerprint density at radius 2 is 1.69 bits per heavy atom. The first kappa shape index (κ1) is 26.2. The number of fused-ring (bicyclic) bond motifs is 6. The molecule has 0 bridgehead atoms. The van der Waals surface area contributed by atoms with Gasteiger partial charge in [-0.1, -0.05) is 65.7 Å². The molecule has 4 atom stereocenters. The van der Waals surface area contributed by atoms with E-state index in [1.807, 2.05) is 60.4 Å². The monoisotopic (exact) mass is 574 g/mol. The zero-order valence-electron chi connectivity index (χ0n) is 23.0. The van der Waals surface area contributed by atoms with E-state index in [2.05, 4.69) is 11.4 Å². The van der Waals surface area contributed by atoms with Crippen molar-refractivity contribution >= 4 is 46.5 Å². The maximum atomic E-state index is 14.9. The Bertz CT molecular complexity index is 1810. The molecule has 7 rings (SSSR count). The van der Waals surface area contributed by atoms with Crippen molar-refractivity contribution in [3.63, 3.8) is 0 Å². The molecule has 3 aliphatic rings. The van der Waals surface area contributed by atoms with Crippen LogP contribution >= 0.6 is 11.6 Å². The summed E-state index contributed by atoms with van der Waals surface area (Å²) in [5.74, 6) is -1.40. The van der Waals surface area contributed by atoms with E-state index in [-0.39, 0.29) is 17.5 Å². The van der Waals surface area contributed by atoms with Gasteiger partial charge in [-0.25, -0.2) is 0 Å². The molecule has 1 saturated heterocycles. The molecule has 0 radical (unpaired) electrons. The molecule has 4 unspecified atom stereocenters. The zero-order chi connectivity index (χ0) is 29.2. The van der Waals surface area contributed by atoms with Gasteiger partial charge in [-0.3, -0.25) is 14.4 Å². The van der Waals surface area contributed by atoms with Crippen molar-refractivity contribution in [2.24, 2.45) is 5.92 Å². The maximum Gasteiger partial charge on any atom is 0.238 e. The number of amides is 1. The minimum Gasteiger partial charge on any atom is -0.497 e. The highest BCUT2D eigenvalue weighted by atomic mass is 35.5. The first-order valence-electron chi connectivity index (χ1n) is 13.8. The lowest BCUT2D eigenvalue weighted by Crippen LogP contribution is -2.51. The van der Waals surface area contributed by atoms with Crippen LogP contribution in [0.4, 0.5) is 11.4 Å². The summed E-state index contributed by atoms with van der Waals surface area (Å²) in [6, 6.07) is 25.5. The van der Waals surface area contributed by atoms with E-state index in [1.165, 1.54) is 7.11 Å². The number of carbonyl (C=O) groups is 3. The number of anilines is 2. The fraction of sp³-hybridized carbons (Fsp3) is 0.171. The van der Waals surface area contributed by atoms with Crippen LogP contribution in [-0.2, 0) is 10.2 Å². The van der Waals surface area contributed by atoms with Gasteiger partial charge in [-0.15, -0.1) is 0 Å². The van der Waals surface area contributed by atoms with Crippen molar-refractivity contribution in [1.29, 1.82) is 0 Å². The van der Waals surface area contributed by atoms with Gasteiger partial charge >= 0.3 is 0 Å². The van der Waals surface area contributed by atoms with Crippen LogP contribution in [0.2, 0.25) is 5.02 Å². The number of rotatable bonds is 5. The summed E-state index contributed by atoms with van der Waals surface area (Å²) in [5, 5.41) is 3.56. The number of methoxy groups -OCH3 is 1. The predicted octanol–water partition coefficient (Wildman–Crippen LogP) is 6.51. The number of halogens is 1. The lowest BCUT2D eigenvalue weighted by atomic mass is 9.64. The second-order valence-corrected chi connectivity index (χ2v) is 11.5. The van der Waals surface area contributed by atoms with Gasteiger partial charge in [0.2, 0.25) is 5.91 Å². The van der Waals surface area contributed by atoms with Crippen LogP contribution in [0.15, 0.2) is 97.1 Å². The molecular weight excluding hydrogens is 548 g/mol. The van der Waals surface area contributed by atoms with Crippen molar-refractivity contribution < 1.29 is 19.1 Å². The topological polar surface area (TPSA) is 75.7 Å². The van der Waals surface area contributed by atoms with Crippen LogP contribution in [0.5, 0.6) is 5.75 Å². The molecule has 1 fully saturated rings. The number of nitrogens with one attached hydrogen (secondary N) is 1. The predicted molar refractivity (Wildman–Crippen MR) is 164 cm³/mol. The molecule has 208 valence electrons. The molecule has 1 N–H and O–H groups in total. The number of hydrogen-bond donors (Lipinski definition) is 1. The molecule has 6 nitrogen and oxygen atoms in total. The summed E-state index contributed by atoms with van der Waals surface area (Å²) < 4.78 is 5.44. The zero-order valence-corrected chi connectivity index (χ0v) is 23.8. The summed E-state index contributed by atoms with van der Waals surface area (Å²) in [6.45, 7) is 2.01. The molecule has 0 aromatic heterocycles. The van der Waals surface area contributed by atoms with E-state index in [0.717, 1.165) is 16.8 Å². The normalized spacial score (nSPS) is 23.3. The van der Waals surface area contributed by atoms with E-state index < -0.39 is 23.4 Å². The first-order valence-corrected chi connectivity index (χ1v) is 14.2. The molecule has 4 aromatic carbocycles. The Kier molecular flexibility index (Phi) is 6.06. The van der Waals surface area contributed by atoms with Gasteiger partial charge in [-0.2, -0.15) is 0 Å². The van der Waals surface area contributed by atoms with E-state index in [0.29, 0.717) is 33.1 Å². The largest absolute Gasteiger partial charge is 0.497 e. The van der Waals surface area contributed by atoms with Crippen molar-refractivity contribution in [3.05, 3.63) is 130 Å². The maximum absolute atomic E-state index is 14.9. The summed E-state index contributed by atoms with van der Waals surface area (Å²) >= 11 is 6.18. The lowest BCUT2D eigenvalue weighted by Gasteiger charge is -2.37. The summed E-state index contributed by atoms with van der Waals surface area (Å²) in [4.78, 5) is 46.0. The summed E-state index contributed by atoms with van der Waals surface area (Å²) in [5.41, 5.74) is 3.57. The molecule has 1 spiro atoms. The van der Waals surface area contributed by atoms with Crippen molar-refractivity contribution in [2.75, 3.05) is 17.3 Å². The van der Waals surface area contributed by atoms with Gasteiger partial charge in [0.25, 0.3) is 0 Å². The molecule has 4 aromatic rings. The van der Waals surface area contributed by atoms with Crippen molar-refractivity contribution in [2.45, 2.75) is 24.4 Å². The number of para-hydroxylation sites is 1. The minimum absolute atomic E-state index is 0.256. The van der Waals surface area contributed by atoms with E-state index in [1.54, 1.807) is 48.5 Å². The molecule has 42 heavy (non-hydrogen) atoms. The molecule has 1 amide bonds. The molecule has 0 saturated carbocycles. The van der Waals surface area contributed by atoms with Gasteiger partial charge in [0.15, 0.2) is 11.6 Å². The standard InChI is InChI=1S/C35H27ClN2O4/c1-20-10-16-28-22(18-20)13-17-29-35(26-8-3-4-9-27(26)37-34(35)41)30(32(39)23-6-5-7-25(19-23)42-2)31(38(28)29)33(40)21-11-14-24(36)15-12-21/h3-19,29-31H,1-2H3,(H,37,41). The number of hydrogen-bond acceptors (Lipinski definition) is 5. The highest BCUT2D eigenvalue weighted by Crippen LogP contribution is 2.58. The number of Topliss-reactive ketones (excluding diaryl/α,β-unsaturated/α-hetero) is 2. The number of carbonyl (C=O) groups excluding carboxylic acids is 3. The Morgan fingerprint density at radius 1 is 0.905 bits per heavy atom. The molecule has 3 aliphatic heterocycles. The van der Waals surface area contributed by atoms with Crippen LogP contribution < -0.4 is 15.0 Å². The Balaban J connectivity index is 1.53. The van der Waals surface area contributed by atoms with Gasteiger partial charge in [0.1, 0.15) is 17.2 Å². The van der Waals surface area contributed by atoms with Gasteiger partial charge in [0, 0.05) is 27.5 Å². The van der Waals surface area contributed by atoms with E-state index in [9.17, 15) is 14.4 Å². The Labute approximate surface area is 248 Å². The Hall–Kier alpha value is -4.68. The highest BCUT2D eigenvalue weighted by Gasteiger charge is 2.70. The number of benzene rings is 4. The van der Waals surface area contributed by atoms with Crippen molar-refractivity contribution in [1.82, 2.24) is 0 Å². The molecule has 7 heteroatoms. The van der Waals surface area contributed by atoms with Crippen LogP contribution in [0.3, 0.4) is 0 Å². The average molecular weight is 575 g/mol.